The maximum atomic E-state index is 12.6. The predicted octanol–water partition coefficient (Wildman–Crippen LogP) is 3.68. The van der Waals surface area contributed by atoms with Gasteiger partial charge in [-0.1, -0.05) is 77.2 Å². The van der Waals surface area contributed by atoms with Crippen molar-refractivity contribution in [3.8, 4) is 0 Å². The van der Waals surface area contributed by atoms with E-state index in [4.69, 9.17) is 9.47 Å². The fourth-order valence-corrected chi connectivity index (χ4v) is 3.72. The Balaban J connectivity index is 1.12. The first kappa shape index (κ1) is 24.6. The van der Waals surface area contributed by atoms with Crippen LogP contribution in [0.25, 0.3) is 0 Å². The van der Waals surface area contributed by atoms with Crippen LogP contribution in [0.3, 0.4) is 0 Å². The minimum atomic E-state index is -0.582. The number of rotatable bonds is 10. The molecule has 38 heavy (non-hydrogen) atoms. The summed E-state index contributed by atoms with van der Waals surface area (Å²) < 4.78 is 14.1. The summed E-state index contributed by atoms with van der Waals surface area (Å²) >= 11 is 0. The van der Waals surface area contributed by atoms with Crippen LogP contribution in [0.1, 0.15) is 43.2 Å². The number of nitrogens with zero attached hydrogens (tertiary/aromatic N) is 6. The zero-order valence-corrected chi connectivity index (χ0v) is 20.4. The van der Waals surface area contributed by atoms with E-state index in [9.17, 15) is 9.59 Å². The Bertz CT molecular complexity index is 1400. The van der Waals surface area contributed by atoms with Crippen molar-refractivity contribution in [2.24, 2.45) is 0 Å². The second-order valence-corrected chi connectivity index (χ2v) is 8.52. The largest absolute Gasteiger partial charge is 0.455 e. The third-order valence-electron chi connectivity index (χ3n) is 5.58. The fraction of sp³-hybridized carbons (Fsp3) is 0.143. The average Bonchev–Trinajstić information content (AvgIpc) is 3.60. The highest BCUT2D eigenvalue weighted by Gasteiger charge is 2.14. The first-order valence-electron chi connectivity index (χ1n) is 11.9. The molecule has 0 saturated carbocycles. The minimum Gasteiger partial charge on any atom is -0.455 e. The topological polar surface area (TPSA) is 114 Å². The number of esters is 2. The number of carbonyl (C=O) groups is 2. The molecule has 5 rings (SSSR count). The maximum Gasteiger partial charge on any atom is 0.338 e. The molecule has 190 valence electrons. The van der Waals surface area contributed by atoms with Crippen LogP contribution < -0.4 is 0 Å². The van der Waals surface area contributed by atoms with Gasteiger partial charge in [0, 0.05) is 0 Å². The first-order chi connectivity index (χ1) is 18.6. The molecule has 2 heterocycles. The summed E-state index contributed by atoms with van der Waals surface area (Å²) in [5.74, 6) is -1.16. The predicted molar refractivity (Wildman–Crippen MR) is 136 cm³/mol. The van der Waals surface area contributed by atoms with Crippen molar-refractivity contribution in [1.82, 2.24) is 30.0 Å². The Labute approximate surface area is 218 Å². The quantitative estimate of drug-likeness (QED) is 0.263. The van der Waals surface area contributed by atoms with Crippen molar-refractivity contribution in [1.29, 1.82) is 0 Å². The third-order valence-corrected chi connectivity index (χ3v) is 5.58. The van der Waals surface area contributed by atoms with Crippen LogP contribution in [0, 0.1) is 0 Å². The Kier molecular flexibility index (Phi) is 7.59. The summed E-state index contributed by atoms with van der Waals surface area (Å²) in [5.41, 5.74) is 3.66. The van der Waals surface area contributed by atoms with E-state index in [0.29, 0.717) is 24.5 Å². The number of carbonyl (C=O) groups excluding carboxylic acids is 2. The molecule has 3 aromatic carbocycles. The summed E-state index contributed by atoms with van der Waals surface area (Å²) in [6.07, 6.45) is 3.45. The number of benzene rings is 3. The van der Waals surface area contributed by atoms with Gasteiger partial charge in [-0.2, -0.15) is 0 Å². The standard InChI is InChI=1S/C28H24N6O4/c35-27(37-19-25-17-33(31-29-25)15-21-8-3-1-4-9-21)23-12-7-13-24(14-23)28(36)38-20-26-18-34(32-30-26)16-22-10-5-2-6-11-22/h1-14,17-18H,15-16,19-20H2. The molecule has 0 unspecified atom stereocenters. The second kappa shape index (κ2) is 11.7. The van der Waals surface area contributed by atoms with Crippen LogP contribution in [0.5, 0.6) is 0 Å². The van der Waals surface area contributed by atoms with Crippen molar-refractivity contribution >= 4 is 11.9 Å². The van der Waals surface area contributed by atoms with E-state index in [2.05, 4.69) is 20.6 Å². The van der Waals surface area contributed by atoms with Crippen molar-refractivity contribution in [2.75, 3.05) is 0 Å². The van der Waals surface area contributed by atoms with E-state index < -0.39 is 11.9 Å². The highest BCUT2D eigenvalue weighted by Crippen LogP contribution is 2.11. The molecule has 10 nitrogen and oxygen atoms in total. The van der Waals surface area contributed by atoms with Gasteiger partial charge in [-0.3, -0.25) is 0 Å². The molecule has 2 aromatic heterocycles. The minimum absolute atomic E-state index is 0.0407. The zero-order chi connectivity index (χ0) is 26.2. The molecular weight excluding hydrogens is 484 g/mol. The smallest absolute Gasteiger partial charge is 0.338 e. The van der Waals surface area contributed by atoms with Crippen LogP contribution in [-0.4, -0.2) is 41.9 Å². The van der Waals surface area contributed by atoms with Crippen LogP contribution in [0.2, 0.25) is 0 Å². The summed E-state index contributed by atoms with van der Waals surface area (Å²) in [7, 11) is 0. The van der Waals surface area contributed by atoms with Crippen LogP contribution >= 0.6 is 0 Å². The lowest BCUT2D eigenvalue weighted by molar-refractivity contribution is 0.0465. The normalized spacial score (nSPS) is 10.7. The monoisotopic (exact) mass is 508 g/mol. The first-order valence-corrected chi connectivity index (χ1v) is 11.9. The van der Waals surface area contributed by atoms with Gasteiger partial charge in [0.2, 0.25) is 0 Å². The van der Waals surface area contributed by atoms with Crippen LogP contribution in [0.15, 0.2) is 97.3 Å². The lowest BCUT2D eigenvalue weighted by Crippen LogP contribution is -2.09. The van der Waals surface area contributed by atoms with E-state index in [0.717, 1.165) is 11.1 Å². The Hall–Kier alpha value is -5.12. The van der Waals surface area contributed by atoms with Crippen LogP contribution in [-0.2, 0) is 35.8 Å². The molecule has 5 aromatic rings. The summed E-state index contributed by atoms with van der Waals surface area (Å²) in [5, 5.41) is 16.2. The molecular formula is C28H24N6O4. The van der Waals surface area contributed by atoms with Gasteiger partial charge in [0.1, 0.15) is 24.6 Å². The van der Waals surface area contributed by atoms with Gasteiger partial charge in [-0.25, -0.2) is 19.0 Å². The van der Waals surface area contributed by atoms with Crippen LogP contribution in [0.4, 0.5) is 0 Å². The van der Waals surface area contributed by atoms with E-state index >= 15 is 0 Å². The molecule has 0 spiro atoms. The molecule has 0 saturated heterocycles. The molecule has 10 heteroatoms. The third kappa shape index (κ3) is 6.55. The molecule has 0 aliphatic rings. The molecule has 0 radical (unpaired) electrons. The summed E-state index contributed by atoms with van der Waals surface area (Å²) in [4.78, 5) is 25.1. The molecule has 0 aliphatic carbocycles. The molecule has 0 fully saturated rings. The highest BCUT2D eigenvalue weighted by atomic mass is 16.5. The summed E-state index contributed by atoms with van der Waals surface area (Å²) in [6, 6.07) is 25.9. The molecule has 0 atom stereocenters. The van der Waals surface area contributed by atoms with Crippen molar-refractivity contribution < 1.29 is 19.1 Å². The zero-order valence-electron chi connectivity index (χ0n) is 20.4. The van der Waals surface area contributed by atoms with E-state index in [-0.39, 0.29) is 24.3 Å². The van der Waals surface area contributed by atoms with Gasteiger partial charge in [-0.15, -0.1) is 10.2 Å². The van der Waals surface area contributed by atoms with E-state index in [1.165, 1.54) is 6.07 Å². The highest BCUT2D eigenvalue weighted by molar-refractivity contribution is 5.95. The Morgan fingerprint density at radius 2 is 1.05 bits per heavy atom. The lowest BCUT2D eigenvalue weighted by Gasteiger charge is -2.06. The van der Waals surface area contributed by atoms with Crippen molar-refractivity contribution in [3.63, 3.8) is 0 Å². The molecule has 0 N–H and O–H groups in total. The maximum absolute atomic E-state index is 12.6. The number of ether oxygens (including phenoxy) is 2. The van der Waals surface area contributed by atoms with Gasteiger partial charge < -0.3 is 9.47 Å². The van der Waals surface area contributed by atoms with E-state index in [1.807, 2.05) is 60.7 Å². The van der Waals surface area contributed by atoms with Crippen molar-refractivity contribution in [2.45, 2.75) is 26.3 Å². The van der Waals surface area contributed by atoms with E-state index in [1.54, 1.807) is 40.0 Å². The number of hydrogen-bond acceptors (Lipinski definition) is 8. The number of hydrogen-bond donors (Lipinski definition) is 0. The average molecular weight is 509 g/mol. The lowest BCUT2D eigenvalue weighted by atomic mass is 10.1. The van der Waals surface area contributed by atoms with Gasteiger partial charge in [0.05, 0.1) is 36.6 Å². The Morgan fingerprint density at radius 1 is 0.605 bits per heavy atom. The molecule has 0 aliphatic heterocycles. The molecule has 0 bridgehead atoms. The van der Waals surface area contributed by atoms with Crippen molar-refractivity contribution in [3.05, 3.63) is 131 Å². The Morgan fingerprint density at radius 3 is 1.50 bits per heavy atom. The number of aromatic nitrogens is 6. The summed E-state index contributed by atoms with van der Waals surface area (Å²) in [6.45, 7) is 1.05. The van der Waals surface area contributed by atoms with Gasteiger partial charge in [-0.05, 0) is 29.3 Å². The molecule has 0 amide bonds. The van der Waals surface area contributed by atoms with Gasteiger partial charge in [0.25, 0.3) is 0 Å². The fourth-order valence-electron chi connectivity index (χ4n) is 3.72. The van der Waals surface area contributed by atoms with Gasteiger partial charge in [0.15, 0.2) is 0 Å². The SMILES string of the molecule is O=C(OCc1cn(Cc2ccccc2)nn1)c1cccc(C(=O)OCc2cn(Cc3ccccc3)nn2)c1. The van der Waals surface area contributed by atoms with Gasteiger partial charge >= 0.3 is 11.9 Å². The second-order valence-electron chi connectivity index (χ2n) is 8.52.